The van der Waals surface area contributed by atoms with Gasteiger partial charge in [0, 0.05) is 24.5 Å². The van der Waals surface area contributed by atoms with Crippen LogP contribution in [0.3, 0.4) is 0 Å². The highest BCUT2D eigenvalue weighted by molar-refractivity contribution is 5.59. The van der Waals surface area contributed by atoms with E-state index in [-0.39, 0.29) is 5.41 Å². The van der Waals surface area contributed by atoms with Crippen LogP contribution in [0.2, 0.25) is 0 Å². The number of rotatable bonds is 7. The summed E-state index contributed by atoms with van der Waals surface area (Å²) < 4.78 is 0. The maximum Gasteiger partial charge on any atom is 0.127 e. The molecule has 0 aromatic rings. The molecule has 0 bridgehead atoms. The summed E-state index contributed by atoms with van der Waals surface area (Å²) in [6.07, 6.45) is 5.67. The van der Waals surface area contributed by atoms with Crippen LogP contribution < -0.4 is 0 Å². The topological polar surface area (TPSA) is 23.6 Å². The van der Waals surface area contributed by atoms with Crippen molar-refractivity contribution in [1.29, 1.82) is 0 Å². The molecule has 17 heavy (non-hydrogen) atoms. The molecule has 1 aliphatic heterocycles. The van der Waals surface area contributed by atoms with Crippen molar-refractivity contribution in [2.24, 2.45) is 5.41 Å². The zero-order valence-corrected chi connectivity index (χ0v) is 11.9. The van der Waals surface area contributed by atoms with Crippen molar-refractivity contribution in [3.63, 3.8) is 0 Å². The quantitative estimate of drug-likeness (QED) is 0.636. The van der Waals surface area contributed by atoms with Gasteiger partial charge in [0.1, 0.15) is 6.29 Å². The SMILES string of the molecule is CCC(C=O)(CC)CN(C)CC1CCCN1C. The summed E-state index contributed by atoms with van der Waals surface area (Å²) in [4.78, 5) is 16.1. The fourth-order valence-corrected chi connectivity index (χ4v) is 2.85. The number of aldehydes is 1. The second-order valence-corrected chi connectivity index (χ2v) is 5.66. The van der Waals surface area contributed by atoms with Gasteiger partial charge in [0.05, 0.1) is 0 Å². The van der Waals surface area contributed by atoms with E-state index in [1.54, 1.807) is 0 Å². The second kappa shape index (κ2) is 6.50. The third kappa shape index (κ3) is 3.78. The molecule has 0 amide bonds. The molecule has 1 aliphatic rings. The highest BCUT2D eigenvalue weighted by Gasteiger charge is 2.29. The molecule has 3 heteroatoms. The molecule has 3 nitrogen and oxygen atoms in total. The Balaban J connectivity index is 2.47. The molecule has 0 aromatic carbocycles. The number of likely N-dealkylation sites (tertiary alicyclic amines) is 1. The summed E-state index contributed by atoms with van der Waals surface area (Å²) in [5.74, 6) is 0. The van der Waals surface area contributed by atoms with Crippen LogP contribution in [-0.2, 0) is 4.79 Å². The average Bonchev–Trinajstić information content (AvgIpc) is 2.72. The van der Waals surface area contributed by atoms with Crippen LogP contribution in [0.5, 0.6) is 0 Å². The Bertz CT molecular complexity index is 238. The van der Waals surface area contributed by atoms with E-state index >= 15 is 0 Å². The summed E-state index contributed by atoms with van der Waals surface area (Å²) >= 11 is 0. The van der Waals surface area contributed by atoms with Crippen molar-refractivity contribution < 1.29 is 4.79 Å². The lowest BCUT2D eigenvalue weighted by atomic mass is 9.83. The number of carbonyl (C=O) groups excluding carboxylic acids is 1. The molecule has 1 unspecified atom stereocenters. The molecule has 0 spiro atoms. The van der Waals surface area contributed by atoms with Crippen LogP contribution in [0.1, 0.15) is 39.5 Å². The first-order valence-corrected chi connectivity index (χ1v) is 6.92. The number of nitrogens with zero attached hydrogens (tertiary/aromatic N) is 2. The van der Waals surface area contributed by atoms with E-state index in [0.29, 0.717) is 6.04 Å². The number of hydrogen-bond acceptors (Lipinski definition) is 3. The van der Waals surface area contributed by atoms with Gasteiger partial charge in [-0.1, -0.05) is 13.8 Å². The summed E-state index contributed by atoms with van der Waals surface area (Å²) in [5, 5.41) is 0. The van der Waals surface area contributed by atoms with Crippen LogP contribution in [0, 0.1) is 5.41 Å². The first-order valence-electron chi connectivity index (χ1n) is 6.92. The number of hydrogen-bond donors (Lipinski definition) is 0. The molecule has 1 heterocycles. The van der Waals surface area contributed by atoms with Crippen LogP contribution >= 0.6 is 0 Å². The van der Waals surface area contributed by atoms with Crippen molar-refractivity contribution in [2.75, 3.05) is 33.7 Å². The minimum absolute atomic E-state index is 0.133. The average molecular weight is 240 g/mol. The fraction of sp³-hybridized carbons (Fsp3) is 0.929. The lowest BCUT2D eigenvalue weighted by Crippen LogP contribution is -2.42. The number of likely N-dealkylation sites (N-methyl/N-ethyl adjacent to an activating group) is 2. The predicted octanol–water partition coefficient (Wildman–Crippen LogP) is 2.02. The normalized spacial score (nSPS) is 22.3. The van der Waals surface area contributed by atoms with Gasteiger partial charge < -0.3 is 14.6 Å². The zero-order chi connectivity index (χ0) is 12.9. The van der Waals surface area contributed by atoms with E-state index in [2.05, 4.69) is 37.7 Å². The van der Waals surface area contributed by atoms with Crippen molar-refractivity contribution in [2.45, 2.75) is 45.6 Å². The Morgan fingerprint density at radius 3 is 2.47 bits per heavy atom. The smallest absolute Gasteiger partial charge is 0.127 e. The molecule has 0 radical (unpaired) electrons. The maximum atomic E-state index is 11.3. The minimum Gasteiger partial charge on any atom is -0.304 e. The highest BCUT2D eigenvalue weighted by Crippen LogP contribution is 2.25. The summed E-state index contributed by atoms with van der Waals surface area (Å²) in [7, 11) is 4.36. The van der Waals surface area contributed by atoms with Crippen LogP contribution in [0.25, 0.3) is 0 Å². The predicted molar refractivity (Wildman–Crippen MR) is 72.2 cm³/mol. The van der Waals surface area contributed by atoms with Gasteiger partial charge in [0.15, 0.2) is 0 Å². The van der Waals surface area contributed by atoms with Crippen molar-refractivity contribution >= 4 is 6.29 Å². The summed E-state index contributed by atoms with van der Waals surface area (Å²) in [6.45, 7) is 7.44. The molecule has 1 fully saturated rings. The molecule has 100 valence electrons. The lowest BCUT2D eigenvalue weighted by molar-refractivity contribution is -0.117. The van der Waals surface area contributed by atoms with E-state index < -0.39 is 0 Å². The van der Waals surface area contributed by atoms with Gasteiger partial charge in [0.25, 0.3) is 0 Å². The monoisotopic (exact) mass is 240 g/mol. The van der Waals surface area contributed by atoms with Gasteiger partial charge in [0.2, 0.25) is 0 Å². The Labute approximate surface area is 106 Å². The molecule has 1 rings (SSSR count). The van der Waals surface area contributed by atoms with Gasteiger partial charge in [-0.25, -0.2) is 0 Å². The Kier molecular flexibility index (Phi) is 5.60. The standard InChI is InChI=1S/C14H28N2O/c1-5-14(6-2,12-17)11-15(3)10-13-8-7-9-16(13)4/h12-13H,5-11H2,1-4H3. The van der Waals surface area contributed by atoms with Gasteiger partial charge in [-0.05, 0) is 46.3 Å². The molecule has 1 atom stereocenters. The molecule has 0 N–H and O–H groups in total. The highest BCUT2D eigenvalue weighted by atomic mass is 16.1. The van der Waals surface area contributed by atoms with E-state index in [1.807, 2.05) is 0 Å². The van der Waals surface area contributed by atoms with Crippen LogP contribution in [0.4, 0.5) is 0 Å². The maximum absolute atomic E-state index is 11.3. The van der Waals surface area contributed by atoms with E-state index in [9.17, 15) is 4.79 Å². The minimum atomic E-state index is -0.133. The molecular formula is C14H28N2O. The van der Waals surface area contributed by atoms with E-state index in [1.165, 1.54) is 25.7 Å². The fourth-order valence-electron chi connectivity index (χ4n) is 2.85. The zero-order valence-electron chi connectivity index (χ0n) is 11.9. The third-order valence-corrected chi connectivity index (χ3v) is 4.44. The first kappa shape index (κ1) is 14.7. The van der Waals surface area contributed by atoms with Gasteiger partial charge in [-0.2, -0.15) is 0 Å². The molecule has 0 aliphatic carbocycles. The second-order valence-electron chi connectivity index (χ2n) is 5.66. The van der Waals surface area contributed by atoms with Crippen molar-refractivity contribution in [3.05, 3.63) is 0 Å². The van der Waals surface area contributed by atoms with Crippen molar-refractivity contribution in [1.82, 2.24) is 9.80 Å². The molecular weight excluding hydrogens is 212 g/mol. The van der Waals surface area contributed by atoms with E-state index in [4.69, 9.17) is 0 Å². The summed E-state index contributed by atoms with van der Waals surface area (Å²) in [6, 6.07) is 0.679. The van der Waals surface area contributed by atoms with Gasteiger partial charge in [-0.15, -0.1) is 0 Å². The summed E-state index contributed by atoms with van der Waals surface area (Å²) in [5.41, 5.74) is -0.133. The molecule has 0 saturated carbocycles. The lowest BCUT2D eigenvalue weighted by Gasteiger charge is -2.33. The Morgan fingerprint density at radius 2 is 2.06 bits per heavy atom. The Hall–Kier alpha value is -0.410. The van der Waals surface area contributed by atoms with Gasteiger partial charge >= 0.3 is 0 Å². The molecule has 1 saturated heterocycles. The van der Waals surface area contributed by atoms with E-state index in [0.717, 1.165) is 25.9 Å². The van der Waals surface area contributed by atoms with Crippen LogP contribution in [0.15, 0.2) is 0 Å². The third-order valence-electron chi connectivity index (χ3n) is 4.44. The number of carbonyl (C=O) groups is 1. The first-order chi connectivity index (χ1) is 8.06. The van der Waals surface area contributed by atoms with Gasteiger partial charge in [-0.3, -0.25) is 0 Å². The van der Waals surface area contributed by atoms with Crippen LogP contribution in [-0.4, -0.2) is 55.9 Å². The Morgan fingerprint density at radius 1 is 1.41 bits per heavy atom. The molecule has 0 aromatic heterocycles. The van der Waals surface area contributed by atoms with Crippen molar-refractivity contribution in [3.8, 4) is 0 Å². The largest absolute Gasteiger partial charge is 0.304 e.